The lowest BCUT2D eigenvalue weighted by atomic mass is 10.2. The van der Waals surface area contributed by atoms with E-state index in [2.05, 4.69) is 30.5 Å². The molecule has 19 heavy (non-hydrogen) atoms. The van der Waals surface area contributed by atoms with Gasteiger partial charge in [-0.1, -0.05) is 0 Å². The Hall–Kier alpha value is -2.76. The van der Waals surface area contributed by atoms with Gasteiger partial charge in [-0.05, 0) is 18.2 Å². The summed E-state index contributed by atoms with van der Waals surface area (Å²) in [5.41, 5.74) is 3.75. The van der Waals surface area contributed by atoms with Crippen LogP contribution in [-0.2, 0) is 6.42 Å². The molecule has 0 unspecified atom stereocenters. The first-order valence-electron chi connectivity index (χ1n) is 5.97. The van der Waals surface area contributed by atoms with Gasteiger partial charge in [-0.2, -0.15) is 5.10 Å². The molecule has 0 saturated heterocycles. The second-order valence-corrected chi connectivity index (χ2v) is 4.33. The highest BCUT2D eigenvalue weighted by atomic mass is 15.1. The molecule has 0 bridgehead atoms. The number of aromatic amines is 1. The Bertz CT molecular complexity index is 789. The Balaban J connectivity index is 1.75. The van der Waals surface area contributed by atoms with Crippen molar-refractivity contribution in [2.24, 2.45) is 4.99 Å². The molecule has 2 aromatic heterocycles. The molecule has 0 aliphatic carbocycles. The third-order valence-electron chi connectivity index (χ3n) is 3.11. The highest BCUT2D eigenvalue weighted by Gasteiger charge is 2.14. The fourth-order valence-corrected chi connectivity index (χ4v) is 2.17. The Morgan fingerprint density at radius 1 is 1.21 bits per heavy atom. The van der Waals surface area contributed by atoms with E-state index in [1.165, 1.54) is 0 Å². The minimum atomic E-state index is 0.738. The van der Waals surface area contributed by atoms with Crippen LogP contribution >= 0.6 is 0 Å². The van der Waals surface area contributed by atoms with Gasteiger partial charge in [-0.15, -0.1) is 0 Å². The number of nitrogens with zero attached hydrogens (tertiary/aromatic N) is 4. The smallest absolute Gasteiger partial charge is 0.160 e. The summed E-state index contributed by atoms with van der Waals surface area (Å²) in [5, 5.41) is 11.3. The molecule has 3 heterocycles. The highest BCUT2D eigenvalue weighted by molar-refractivity contribution is 5.85. The van der Waals surface area contributed by atoms with Crippen molar-refractivity contribution < 1.29 is 0 Å². The number of anilines is 2. The lowest BCUT2D eigenvalue weighted by Crippen LogP contribution is -1.96. The van der Waals surface area contributed by atoms with Gasteiger partial charge in [0, 0.05) is 23.7 Å². The summed E-state index contributed by atoms with van der Waals surface area (Å²) in [6, 6.07) is 5.98. The lowest BCUT2D eigenvalue weighted by Gasteiger charge is -2.08. The summed E-state index contributed by atoms with van der Waals surface area (Å²) in [5.74, 6) is 0.738. The van der Waals surface area contributed by atoms with Gasteiger partial charge in [0.15, 0.2) is 5.82 Å². The van der Waals surface area contributed by atoms with Crippen molar-refractivity contribution in [1.29, 1.82) is 0 Å². The van der Waals surface area contributed by atoms with Crippen LogP contribution in [0.3, 0.4) is 0 Å². The molecule has 0 saturated carbocycles. The van der Waals surface area contributed by atoms with Gasteiger partial charge < -0.3 is 5.32 Å². The number of hydrogen-bond donors (Lipinski definition) is 2. The van der Waals surface area contributed by atoms with Crippen molar-refractivity contribution in [1.82, 2.24) is 20.2 Å². The average molecular weight is 250 g/mol. The number of nitrogens with one attached hydrogen (secondary N) is 2. The molecule has 0 fully saturated rings. The summed E-state index contributed by atoms with van der Waals surface area (Å²) >= 11 is 0. The molecule has 1 aromatic carbocycles. The SMILES string of the molecule is C1=Nc2c(ncnc2Nc2ccc3[nH]ncc3c2)C1. The number of benzene rings is 1. The van der Waals surface area contributed by atoms with Crippen molar-refractivity contribution in [2.75, 3.05) is 5.32 Å². The van der Waals surface area contributed by atoms with Crippen LogP contribution in [0.25, 0.3) is 10.9 Å². The Morgan fingerprint density at radius 2 is 2.21 bits per heavy atom. The van der Waals surface area contributed by atoms with Gasteiger partial charge in [0.25, 0.3) is 0 Å². The molecular formula is C13H10N6. The summed E-state index contributed by atoms with van der Waals surface area (Å²) in [7, 11) is 0. The van der Waals surface area contributed by atoms with Crippen LogP contribution < -0.4 is 5.32 Å². The molecular weight excluding hydrogens is 240 g/mol. The maximum atomic E-state index is 4.32. The summed E-state index contributed by atoms with van der Waals surface area (Å²) in [6.45, 7) is 0. The number of fused-ring (bicyclic) bond motifs is 2. The van der Waals surface area contributed by atoms with Gasteiger partial charge in [0.05, 0.1) is 17.4 Å². The van der Waals surface area contributed by atoms with Crippen LogP contribution in [0.4, 0.5) is 17.2 Å². The van der Waals surface area contributed by atoms with E-state index in [1.54, 1.807) is 12.5 Å². The fraction of sp³-hybridized carbons (Fsp3) is 0.0769. The number of aromatic nitrogens is 4. The van der Waals surface area contributed by atoms with Crippen LogP contribution in [0.1, 0.15) is 5.69 Å². The zero-order valence-corrected chi connectivity index (χ0v) is 9.96. The summed E-state index contributed by atoms with van der Waals surface area (Å²) in [6.07, 6.45) is 5.98. The second-order valence-electron chi connectivity index (χ2n) is 4.33. The van der Waals surface area contributed by atoms with Crippen LogP contribution in [0.5, 0.6) is 0 Å². The normalized spacial score (nSPS) is 12.8. The van der Waals surface area contributed by atoms with Crippen LogP contribution in [0, 0.1) is 0 Å². The quantitative estimate of drug-likeness (QED) is 0.731. The maximum Gasteiger partial charge on any atom is 0.160 e. The zero-order valence-electron chi connectivity index (χ0n) is 9.96. The third-order valence-corrected chi connectivity index (χ3v) is 3.11. The molecule has 1 aliphatic heterocycles. The Kier molecular flexibility index (Phi) is 2.08. The van der Waals surface area contributed by atoms with Crippen molar-refractivity contribution in [3.05, 3.63) is 36.4 Å². The standard InChI is InChI=1S/C13H10N6/c1-2-10-8(6-17-19-10)5-9(1)18-13-12-11(3-4-14-12)15-7-16-13/h1-2,4-7H,3H2,(H,17,19)(H,15,16,18). The maximum absolute atomic E-state index is 4.32. The Labute approximate surface area is 108 Å². The van der Waals surface area contributed by atoms with Crippen LogP contribution in [0.2, 0.25) is 0 Å². The number of H-pyrrole nitrogens is 1. The van der Waals surface area contributed by atoms with E-state index in [-0.39, 0.29) is 0 Å². The van der Waals surface area contributed by atoms with E-state index in [0.29, 0.717) is 0 Å². The van der Waals surface area contributed by atoms with Crippen molar-refractivity contribution in [2.45, 2.75) is 6.42 Å². The molecule has 0 atom stereocenters. The van der Waals surface area contributed by atoms with Gasteiger partial charge in [-0.25, -0.2) is 9.97 Å². The van der Waals surface area contributed by atoms with Crippen molar-refractivity contribution in [3.63, 3.8) is 0 Å². The van der Waals surface area contributed by atoms with Gasteiger partial charge in [0.1, 0.15) is 12.0 Å². The lowest BCUT2D eigenvalue weighted by molar-refractivity contribution is 1.09. The average Bonchev–Trinajstić information content (AvgIpc) is 3.06. The fourth-order valence-electron chi connectivity index (χ4n) is 2.17. The Morgan fingerprint density at radius 3 is 3.21 bits per heavy atom. The van der Waals surface area contributed by atoms with Crippen molar-refractivity contribution >= 4 is 34.3 Å². The van der Waals surface area contributed by atoms with E-state index in [1.807, 2.05) is 24.4 Å². The number of aliphatic imine (C=N–C) groups is 1. The molecule has 1 aliphatic rings. The first kappa shape index (κ1) is 10.2. The first-order chi connectivity index (χ1) is 9.40. The van der Waals surface area contributed by atoms with Gasteiger partial charge in [0.2, 0.25) is 0 Å². The predicted octanol–water partition coefficient (Wildman–Crippen LogP) is 2.35. The molecule has 0 radical (unpaired) electrons. The van der Waals surface area contributed by atoms with Crippen LogP contribution in [-0.4, -0.2) is 26.4 Å². The third kappa shape index (κ3) is 1.65. The van der Waals surface area contributed by atoms with E-state index in [9.17, 15) is 0 Å². The molecule has 0 amide bonds. The van der Waals surface area contributed by atoms with Gasteiger partial charge in [-0.3, -0.25) is 10.1 Å². The predicted molar refractivity (Wildman–Crippen MR) is 73.3 cm³/mol. The molecule has 3 aromatic rings. The number of hydrogen-bond acceptors (Lipinski definition) is 5. The molecule has 2 N–H and O–H groups in total. The second kappa shape index (κ2) is 3.88. The highest BCUT2D eigenvalue weighted by Crippen LogP contribution is 2.31. The molecule has 6 heteroatoms. The molecule has 4 rings (SSSR count). The topological polar surface area (TPSA) is 78.9 Å². The first-order valence-corrected chi connectivity index (χ1v) is 5.97. The molecule has 92 valence electrons. The molecule has 0 spiro atoms. The monoisotopic (exact) mass is 250 g/mol. The number of rotatable bonds is 2. The van der Waals surface area contributed by atoms with E-state index in [4.69, 9.17) is 0 Å². The summed E-state index contributed by atoms with van der Waals surface area (Å²) < 4.78 is 0. The van der Waals surface area contributed by atoms with Crippen molar-refractivity contribution in [3.8, 4) is 0 Å². The largest absolute Gasteiger partial charge is 0.338 e. The van der Waals surface area contributed by atoms with Crippen LogP contribution in [0.15, 0.2) is 35.7 Å². The minimum absolute atomic E-state index is 0.738. The van der Waals surface area contributed by atoms with Gasteiger partial charge >= 0.3 is 0 Å². The minimum Gasteiger partial charge on any atom is -0.338 e. The van der Waals surface area contributed by atoms with E-state index in [0.717, 1.165) is 40.2 Å². The molecule has 6 nitrogen and oxygen atoms in total. The van der Waals surface area contributed by atoms with E-state index < -0.39 is 0 Å². The summed E-state index contributed by atoms with van der Waals surface area (Å²) in [4.78, 5) is 12.8. The van der Waals surface area contributed by atoms with E-state index >= 15 is 0 Å². The zero-order chi connectivity index (χ0) is 12.7.